The van der Waals surface area contributed by atoms with E-state index in [1.807, 2.05) is 30.3 Å². The predicted octanol–water partition coefficient (Wildman–Crippen LogP) is 2.51. The molecule has 8 heteroatoms. The molecule has 1 N–H and O–H groups in total. The molecule has 1 aromatic rings. The number of carbonyl (C=O) groups is 3. The van der Waals surface area contributed by atoms with Crippen molar-refractivity contribution in [3.8, 4) is 0 Å². The Morgan fingerprint density at radius 1 is 1.21 bits per heavy atom. The van der Waals surface area contributed by atoms with Crippen molar-refractivity contribution < 1.29 is 33.3 Å². The van der Waals surface area contributed by atoms with Gasteiger partial charge in [0.25, 0.3) is 0 Å². The molecular weight excluding hydrogens is 378 g/mol. The van der Waals surface area contributed by atoms with E-state index in [1.54, 1.807) is 20.8 Å². The standard InChI is InChI=1S/C21H27NO7/c1-14(24)26-13-17-19(28-11-15-8-6-5-7-9-15)18(16(10-23)12-27-17)22-20(25)29-21(2,3)4/h5-10,12,17-19H,11,13H2,1-4H3,(H,22,25)/t17-,18+,19+/m1/s1. The number of esters is 1. The van der Waals surface area contributed by atoms with Crippen LogP contribution >= 0.6 is 0 Å². The van der Waals surface area contributed by atoms with Gasteiger partial charge in [-0.1, -0.05) is 30.3 Å². The van der Waals surface area contributed by atoms with Crippen molar-refractivity contribution >= 4 is 18.3 Å². The minimum Gasteiger partial charge on any atom is -0.491 e. The van der Waals surface area contributed by atoms with E-state index < -0.39 is 35.9 Å². The summed E-state index contributed by atoms with van der Waals surface area (Å²) in [4.78, 5) is 35.1. The second-order valence-electron chi connectivity index (χ2n) is 7.60. The van der Waals surface area contributed by atoms with Gasteiger partial charge in [0.1, 0.15) is 18.3 Å². The summed E-state index contributed by atoms with van der Waals surface area (Å²) in [5.74, 6) is -0.475. The minimum absolute atomic E-state index is 0.0933. The molecule has 0 spiro atoms. The van der Waals surface area contributed by atoms with Crippen LogP contribution < -0.4 is 5.32 Å². The SMILES string of the molecule is CC(=O)OC[C@H]1OC=C(C=O)[C@H](NC(=O)OC(C)(C)C)[C@H]1OCc1ccccc1. The molecule has 1 aliphatic heterocycles. The number of hydrogen-bond donors (Lipinski definition) is 1. The number of hydrogen-bond acceptors (Lipinski definition) is 7. The molecule has 0 aliphatic carbocycles. The maximum Gasteiger partial charge on any atom is 0.408 e. The maximum atomic E-state index is 12.3. The summed E-state index contributed by atoms with van der Waals surface area (Å²) in [6.07, 6.45) is -0.371. The molecule has 0 fully saturated rings. The number of rotatable bonds is 7. The Morgan fingerprint density at radius 3 is 2.48 bits per heavy atom. The van der Waals surface area contributed by atoms with E-state index in [1.165, 1.54) is 13.2 Å². The molecule has 1 aromatic carbocycles. The number of ether oxygens (including phenoxy) is 4. The first-order chi connectivity index (χ1) is 13.7. The lowest BCUT2D eigenvalue weighted by molar-refractivity contribution is -0.151. The van der Waals surface area contributed by atoms with Crippen molar-refractivity contribution in [2.75, 3.05) is 6.61 Å². The number of benzene rings is 1. The molecular formula is C21H27NO7. The van der Waals surface area contributed by atoms with Crippen LogP contribution in [0.25, 0.3) is 0 Å². The molecule has 2 rings (SSSR count). The van der Waals surface area contributed by atoms with Gasteiger partial charge in [-0.2, -0.15) is 0 Å². The molecule has 0 saturated heterocycles. The van der Waals surface area contributed by atoms with Gasteiger partial charge >= 0.3 is 12.1 Å². The first-order valence-corrected chi connectivity index (χ1v) is 9.28. The number of carbonyl (C=O) groups excluding carboxylic acids is 3. The van der Waals surface area contributed by atoms with Gasteiger partial charge in [0.15, 0.2) is 12.4 Å². The molecule has 0 aromatic heterocycles. The van der Waals surface area contributed by atoms with Gasteiger partial charge in [-0.15, -0.1) is 0 Å². The first kappa shape index (κ1) is 22.4. The largest absolute Gasteiger partial charge is 0.491 e. The van der Waals surface area contributed by atoms with Gasteiger partial charge in [-0.3, -0.25) is 9.59 Å². The molecule has 158 valence electrons. The van der Waals surface area contributed by atoms with E-state index >= 15 is 0 Å². The highest BCUT2D eigenvalue weighted by Crippen LogP contribution is 2.23. The summed E-state index contributed by atoms with van der Waals surface area (Å²) >= 11 is 0. The molecule has 0 bridgehead atoms. The fourth-order valence-electron chi connectivity index (χ4n) is 2.73. The van der Waals surface area contributed by atoms with Crippen molar-refractivity contribution in [3.05, 3.63) is 47.7 Å². The van der Waals surface area contributed by atoms with Crippen LogP contribution in [0.1, 0.15) is 33.3 Å². The topological polar surface area (TPSA) is 100 Å². The van der Waals surface area contributed by atoms with Gasteiger partial charge < -0.3 is 24.3 Å². The summed E-state index contributed by atoms with van der Waals surface area (Å²) in [6.45, 7) is 6.61. The van der Waals surface area contributed by atoms with Crippen molar-refractivity contribution in [1.82, 2.24) is 5.32 Å². The predicted molar refractivity (Wildman–Crippen MR) is 104 cm³/mol. The number of alkyl carbamates (subject to hydrolysis) is 1. The van der Waals surface area contributed by atoms with Gasteiger partial charge in [-0.25, -0.2) is 4.79 Å². The molecule has 1 amide bonds. The number of amides is 1. The van der Waals surface area contributed by atoms with Crippen LogP contribution in [0.5, 0.6) is 0 Å². The third-order valence-electron chi connectivity index (χ3n) is 3.98. The van der Waals surface area contributed by atoms with Crippen molar-refractivity contribution in [1.29, 1.82) is 0 Å². The molecule has 0 saturated carbocycles. The zero-order chi connectivity index (χ0) is 21.4. The summed E-state index contributed by atoms with van der Waals surface area (Å²) in [6, 6.07) is 8.57. The monoisotopic (exact) mass is 405 g/mol. The molecule has 1 aliphatic rings. The maximum absolute atomic E-state index is 12.3. The smallest absolute Gasteiger partial charge is 0.408 e. The van der Waals surface area contributed by atoms with E-state index in [9.17, 15) is 14.4 Å². The van der Waals surface area contributed by atoms with Gasteiger partial charge in [0, 0.05) is 6.92 Å². The fourth-order valence-corrected chi connectivity index (χ4v) is 2.73. The van der Waals surface area contributed by atoms with Crippen LogP contribution in [-0.2, 0) is 35.1 Å². The number of nitrogens with one attached hydrogen (secondary N) is 1. The molecule has 29 heavy (non-hydrogen) atoms. The van der Waals surface area contributed by atoms with Crippen molar-refractivity contribution in [2.24, 2.45) is 0 Å². The van der Waals surface area contributed by atoms with E-state index in [2.05, 4.69) is 5.32 Å². The van der Waals surface area contributed by atoms with Gasteiger partial charge in [0.05, 0.1) is 24.5 Å². The minimum atomic E-state index is -0.833. The highest BCUT2D eigenvalue weighted by atomic mass is 16.6. The van der Waals surface area contributed by atoms with Crippen LogP contribution in [0, 0.1) is 0 Å². The molecule has 0 unspecified atom stereocenters. The highest BCUT2D eigenvalue weighted by molar-refractivity contribution is 5.78. The second kappa shape index (κ2) is 10.1. The summed E-state index contributed by atoms with van der Waals surface area (Å²) < 4.78 is 21.9. The normalized spacial score (nSPS) is 21.4. The molecule has 8 nitrogen and oxygen atoms in total. The number of aldehydes is 1. The molecule has 3 atom stereocenters. The zero-order valence-electron chi connectivity index (χ0n) is 17.0. The van der Waals surface area contributed by atoms with Crippen LogP contribution in [0.15, 0.2) is 42.2 Å². The van der Waals surface area contributed by atoms with Crippen molar-refractivity contribution in [3.63, 3.8) is 0 Å². The van der Waals surface area contributed by atoms with Gasteiger partial charge in [0.2, 0.25) is 0 Å². The average Bonchev–Trinajstić information content (AvgIpc) is 2.64. The summed E-state index contributed by atoms with van der Waals surface area (Å²) in [5.41, 5.74) is 0.377. The lowest BCUT2D eigenvalue weighted by Crippen LogP contribution is -2.55. The van der Waals surface area contributed by atoms with Gasteiger partial charge in [-0.05, 0) is 26.3 Å². The Labute approximate surface area is 170 Å². The third-order valence-corrected chi connectivity index (χ3v) is 3.98. The lowest BCUT2D eigenvalue weighted by atomic mass is 9.96. The summed E-state index contributed by atoms with van der Waals surface area (Å²) in [7, 11) is 0. The fraction of sp³-hybridized carbons (Fsp3) is 0.476. The molecule has 1 heterocycles. The average molecular weight is 405 g/mol. The highest BCUT2D eigenvalue weighted by Gasteiger charge is 2.40. The zero-order valence-corrected chi connectivity index (χ0v) is 17.0. The van der Waals surface area contributed by atoms with Crippen LogP contribution in [0.4, 0.5) is 4.79 Å². The Bertz CT molecular complexity index is 739. The van der Waals surface area contributed by atoms with E-state index in [0.717, 1.165) is 5.56 Å². The van der Waals surface area contributed by atoms with E-state index in [4.69, 9.17) is 18.9 Å². The summed E-state index contributed by atoms with van der Waals surface area (Å²) in [5, 5.41) is 2.67. The Hall–Kier alpha value is -2.87. The third kappa shape index (κ3) is 7.23. The van der Waals surface area contributed by atoms with Crippen LogP contribution in [0.3, 0.4) is 0 Å². The van der Waals surface area contributed by atoms with Crippen LogP contribution in [-0.4, -0.2) is 48.8 Å². The second-order valence-corrected chi connectivity index (χ2v) is 7.60. The Kier molecular flexibility index (Phi) is 7.78. The quantitative estimate of drug-likeness (QED) is 0.549. The molecule has 0 radical (unpaired) electrons. The first-order valence-electron chi connectivity index (χ1n) is 9.28. The Balaban J connectivity index is 2.22. The Morgan fingerprint density at radius 2 is 1.90 bits per heavy atom. The lowest BCUT2D eigenvalue weighted by Gasteiger charge is -2.37. The van der Waals surface area contributed by atoms with Crippen LogP contribution in [0.2, 0.25) is 0 Å². The van der Waals surface area contributed by atoms with E-state index in [-0.39, 0.29) is 18.8 Å². The van der Waals surface area contributed by atoms with E-state index in [0.29, 0.717) is 6.29 Å². The van der Waals surface area contributed by atoms with Crippen molar-refractivity contribution in [2.45, 2.75) is 58.2 Å².